The second kappa shape index (κ2) is 7.09. The number of nitrogens with zero attached hydrogens (tertiary/aromatic N) is 4. The van der Waals surface area contributed by atoms with Crippen LogP contribution in [0.2, 0.25) is 0 Å². The number of aromatic nitrogens is 1. The summed E-state index contributed by atoms with van der Waals surface area (Å²) in [7, 11) is 0. The Balaban J connectivity index is 1.72. The standard InChI is InChI=1S/C17H10N4O4S2/c22-16(14-6-3-9-26-14)20(17-19-12-4-1-2-5-13(12)27-17)18-10-11-7-8-15(25-11)21(23)24/h1-10H/b18-10-. The van der Waals surface area contributed by atoms with Gasteiger partial charge in [0.05, 0.1) is 27.4 Å². The number of benzene rings is 1. The Kier molecular flexibility index (Phi) is 4.48. The number of nitro groups is 1. The molecule has 0 spiro atoms. The van der Waals surface area contributed by atoms with Crippen molar-refractivity contribution in [3.63, 3.8) is 0 Å². The van der Waals surface area contributed by atoms with Crippen LogP contribution in [0.5, 0.6) is 0 Å². The van der Waals surface area contributed by atoms with Gasteiger partial charge >= 0.3 is 5.88 Å². The Bertz CT molecular complexity index is 1110. The third kappa shape index (κ3) is 3.48. The summed E-state index contributed by atoms with van der Waals surface area (Å²) in [5.74, 6) is -0.583. The summed E-state index contributed by atoms with van der Waals surface area (Å²) in [6.45, 7) is 0. The predicted molar refractivity (Wildman–Crippen MR) is 104 cm³/mol. The number of hydrogen-bond acceptors (Lipinski definition) is 8. The molecule has 4 rings (SSSR count). The Morgan fingerprint density at radius 3 is 2.78 bits per heavy atom. The fourth-order valence-corrected chi connectivity index (χ4v) is 3.84. The maximum Gasteiger partial charge on any atom is 0.433 e. The van der Waals surface area contributed by atoms with E-state index in [1.54, 1.807) is 17.5 Å². The fourth-order valence-electron chi connectivity index (χ4n) is 2.27. The third-order valence-corrected chi connectivity index (χ3v) is 5.35. The molecule has 0 saturated heterocycles. The Labute approximate surface area is 160 Å². The topological polar surface area (TPSA) is 102 Å². The smallest absolute Gasteiger partial charge is 0.400 e. The van der Waals surface area contributed by atoms with Gasteiger partial charge in [-0.3, -0.25) is 14.9 Å². The molecule has 0 saturated carbocycles. The molecule has 0 fully saturated rings. The highest BCUT2D eigenvalue weighted by Gasteiger charge is 2.22. The van der Waals surface area contributed by atoms with Crippen LogP contribution in [0.15, 0.2) is 63.4 Å². The van der Waals surface area contributed by atoms with Crippen molar-refractivity contribution in [3.8, 4) is 0 Å². The highest BCUT2D eigenvalue weighted by molar-refractivity contribution is 7.22. The van der Waals surface area contributed by atoms with E-state index in [2.05, 4.69) is 10.1 Å². The minimum Gasteiger partial charge on any atom is -0.400 e. The van der Waals surface area contributed by atoms with Gasteiger partial charge < -0.3 is 4.42 Å². The number of para-hydroxylation sites is 1. The first-order valence-electron chi connectivity index (χ1n) is 7.63. The van der Waals surface area contributed by atoms with Gasteiger partial charge in [0.15, 0.2) is 5.76 Å². The maximum atomic E-state index is 12.9. The highest BCUT2D eigenvalue weighted by Crippen LogP contribution is 2.30. The van der Waals surface area contributed by atoms with Crippen LogP contribution in [-0.2, 0) is 0 Å². The lowest BCUT2D eigenvalue weighted by atomic mass is 10.3. The van der Waals surface area contributed by atoms with Crippen LogP contribution in [0.3, 0.4) is 0 Å². The number of thiazole rings is 1. The van der Waals surface area contributed by atoms with Crippen LogP contribution in [0.25, 0.3) is 10.2 Å². The molecule has 0 unspecified atom stereocenters. The molecule has 0 aliphatic rings. The number of hydrazone groups is 1. The lowest BCUT2D eigenvalue weighted by molar-refractivity contribution is -0.402. The molecule has 4 aromatic rings. The van der Waals surface area contributed by atoms with Crippen molar-refractivity contribution in [2.45, 2.75) is 0 Å². The molecule has 0 bridgehead atoms. The molecule has 3 heterocycles. The van der Waals surface area contributed by atoms with Crippen molar-refractivity contribution in [2.24, 2.45) is 5.10 Å². The van der Waals surface area contributed by atoms with E-state index >= 15 is 0 Å². The van der Waals surface area contributed by atoms with Crippen molar-refractivity contribution in [3.05, 3.63) is 74.7 Å². The van der Waals surface area contributed by atoms with Gasteiger partial charge in [0.2, 0.25) is 5.13 Å². The van der Waals surface area contributed by atoms with Gasteiger partial charge in [-0.15, -0.1) is 11.3 Å². The van der Waals surface area contributed by atoms with E-state index in [9.17, 15) is 14.9 Å². The van der Waals surface area contributed by atoms with Crippen LogP contribution in [-0.4, -0.2) is 22.0 Å². The number of carbonyl (C=O) groups is 1. The molecule has 0 atom stereocenters. The Morgan fingerprint density at radius 2 is 2.07 bits per heavy atom. The number of carbonyl (C=O) groups excluding carboxylic acids is 1. The average Bonchev–Trinajstić information content (AvgIpc) is 3.41. The molecule has 1 amide bonds. The van der Waals surface area contributed by atoms with Gasteiger partial charge in [0.1, 0.15) is 4.92 Å². The van der Waals surface area contributed by atoms with E-state index in [4.69, 9.17) is 4.42 Å². The van der Waals surface area contributed by atoms with Crippen molar-refractivity contribution >= 4 is 56.0 Å². The van der Waals surface area contributed by atoms with Crippen LogP contribution in [0.1, 0.15) is 15.4 Å². The molecular formula is C17H10N4O4S2. The zero-order valence-corrected chi connectivity index (χ0v) is 15.1. The third-order valence-electron chi connectivity index (χ3n) is 3.48. The normalized spacial score (nSPS) is 11.3. The fraction of sp³-hybridized carbons (Fsp3) is 0. The number of hydrogen-bond donors (Lipinski definition) is 0. The lowest BCUT2D eigenvalue weighted by Gasteiger charge is -2.12. The molecule has 10 heteroatoms. The summed E-state index contributed by atoms with van der Waals surface area (Å²) in [4.78, 5) is 27.9. The first kappa shape index (κ1) is 17.1. The van der Waals surface area contributed by atoms with Gasteiger partial charge in [-0.25, -0.2) is 4.98 Å². The summed E-state index contributed by atoms with van der Waals surface area (Å²) in [5.41, 5.74) is 0.755. The maximum absolute atomic E-state index is 12.9. The SMILES string of the molecule is O=C(c1cccs1)N(/N=C\c1ccc([N+](=O)[O-])o1)c1nc2ccccc2s1. The van der Waals surface area contributed by atoms with Gasteiger partial charge in [0.25, 0.3) is 5.91 Å². The van der Waals surface area contributed by atoms with Crippen molar-refractivity contribution in [2.75, 3.05) is 5.01 Å². The monoisotopic (exact) mass is 398 g/mol. The van der Waals surface area contributed by atoms with Gasteiger partial charge in [-0.1, -0.05) is 29.5 Å². The van der Waals surface area contributed by atoms with E-state index in [1.807, 2.05) is 24.3 Å². The summed E-state index contributed by atoms with van der Waals surface area (Å²) >= 11 is 2.61. The molecule has 134 valence electrons. The first-order chi connectivity index (χ1) is 13.1. The number of thiophene rings is 1. The molecule has 0 aliphatic carbocycles. The van der Waals surface area contributed by atoms with Crippen LogP contribution >= 0.6 is 22.7 Å². The summed E-state index contributed by atoms with van der Waals surface area (Å²) in [6, 6.07) is 13.6. The summed E-state index contributed by atoms with van der Waals surface area (Å²) < 4.78 is 5.98. The van der Waals surface area contributed by atoms with E-state index in [1.165, 1.54) is 46.0 Å². The zero-order valence-electron chi connectivity index (χ0n) is 13.5. The predicted octanol–water partition coefficient (Wildman–Crippen LogP) is 4.54. The lowest BCUT2D eigenvalue weighted by Crippen LogP contribution is -2.24. The molecule has 0 radical (unpaired) electrons. The molecule has 8 nitrogen and oxygen atoms in total. The Hall–Kier alpha value is -3.37. The second-order valence-corrected chi connectivity index (χ2v) is 7.19. The molecular weight excluding hydrogens is 388 g/mol. The number of furan rings is 1. The molecule has 1 aromatic carbocycles. The Morgan fingerprint density at radius 1 is 1.22 bits per heavy atom. The second-order valence-electron chi connectivity index (χ2n) is 5.24. The van der Waals surface area contributed by atoms with Gasteiger partial charge in [0, 0.05) is 0 Å². The minimum atomic E-state index is -0.639. The van der Waals surface area contributed by atoms with E-state index < -0.39 is 10.8 Å². The average molecular weight is 398 g/mol. The zero-order chi connectivity index (χ0) is 18.8. The summed E-state index contributed by atoms with van der Waals surface area (Å²) in [6.07, 6.45) is 1.25. The first-order valence-corrected chi connectivity index (χ1v) is 9.33. The molecule has 0 N–H and O–H groups in total. The minimum absolute atomic E-state index is 0.159. The van der Waals surface area contributed by atoms with Crippen molar-refractivity contribution in [1.29, 1.82) is 0 Å². The van der Waals surface area contributed by atoms with E-state index in [-0.39, 0.29) is 11.7 Å². The number of rotatable bonds is 5. The van der Waals surface area contributed by atoms with E-state index in [0.29, 0.717) is 10.0 Å². The largest absolute Gasteiger partial charge is 0.433 e. The molecule has 3 aromatic heterocycles. The van der Waals surface area contributed by atoms with Crippen molar-refractivity contribution < 1.29 is 14.1 Å². The van der Waals surface area contributed by atoms with Crippen LogP contribution < -0.4 is 5.01 Å². The number of amides is 1. The number of anilines is 1. The highest BCUT2D eigenvalue weighted by atomic mass is 32.1. The van der Waals surface area contributed by atoms with E-state index in [0.717, 1.165) is 10.2 Å². The number of fused-ring (bicyclic) bond motifs is 1. The van der Waals surface area contributed by atoms with Gasteiger partial charge in [-0.2, -0.15) is 10.1 Å². The summed E-state index contributed by atoms with van der Waals surface area (Å²) in [5, 5.41) is 18.3. The molecule has 27 heavy (non-hydrogen) atoms. The van der Waals surface area contributed by atoms with Crippen LogP contribution in [0.4, 0.5) is 11.0 Å². The van der Waals surface area contributed by atoms with Crippen LogP contribution in [0, 0.1) is 10.1 Å². The molecule has 0 aliphatic heterocycles. The van der Waals surface area contributed by atoms with Crippen molar-refractivity contribution in [1.82, 2.24) is 4.98 Å². The van der Waals surface area contributed by atoms with Gasteiger partial charge in [-0.05, 0) is 29.6 Å². The quantitative estimate of drug-likeness (QED) is 0.279.